The fourth-order valence-electron chi connectivity index (χ4n) is 3.23. The lowest BCUT2D eigenvalue weighted by atomic mass is 10.0. The molecule has 0 spiro atoms. The van der Waals surface area contributed by atoms with Crippen LogP contribution >= 0.6 is 0 Å². The summed E-state index contributed by atoms with van der Waals surface area (Å²) in [5, 5.41) is 3.19. The molecular formula is C22H23FN6O3. The van der Waals surface area contributed by atoms with Gasteiger partial charge >= 0.3 is 12.1 Å². The van der Waals surface area contributed by atoms with Crippen LogP contribution in [0.4, 0.5) is 21.0 Å². The highest BCUT2D eigenvalue weighted by Crippen LogP contribution is 2.27. The minimum Gasteiger partial charge on any atom is -0.447 e. The van der Waals surface area contributed by atoms with Crippen LogP contribution < -0.4 is 15.0 Å². The number of ether oxygens (including phenoxy) is 2. The highest BCUT2D eigenvalue weighted by atomic mass is 19.1. The van der Waals surface area contributed by atoms with Crippen LogP contribution in [-0.2, 0) is 4.74 Å². The van der Waals surface area contributed by atoms with E-state index in [9.17, 15) is 9.18 Å². The largest absolute Gasteiger partial charge is 0.447 e. The summed E-state index contributed by atoms with van der Waals surface area (Å²) in [5.74, 6) is 1.16. The highest BCUT2D eigenvalue weighted by molar-refractivity contribution is 5.89. The molecule has 2 aromatic heterocycles. The van der Waals surface area contributed by atoms with Gasteiger partial charge in [0.2, 0.25) is 5.95 Å². The smallest absolute Gasteiger partial charge is 0.415 e. The number of aromatic nitrogens is 4. The highest BCUT2D eigenvalue weighted by Gasteiger charge is 2.37. The number of anilines is 2. The van der Waals surface area contributed by atoms with Crippen molar-refractivity contribution < 1.29 is 18.7 Å². The Kier molecular flexibility index (Phi) is 6.11. The van der Waals surface area contributed by atoms with Gasteiger partial charge < -0.3 is 14.8 Å². The maximum atomic E-state index is 13.0. The summed E-state index contributed by atoms with van der Waals surface area (Å²) in [6, 6.07) is 7.15. The van der Waals surface area contributed by atoms with Crippen molar-refractivity contribution in [3.8, 4) is 11.8 Å². The molecule has 3 aromatic rings. The molecule has 1 unspecified atom stereocenters. The third kappa shape index (κ3) is 4.74. The van der Waals surface area contributed by atoms with Crippen molar-refractivity contribution in [2.24, 2.45) is 5.92 Å². The average molecular weight is 438 g/mol. The Morgan fingerprint density at radius 3 is 2.53 bits per heavy atom. The molecular weight excluding hydrogens is 415 g/mol. The number of halogens is 1. The van der Waals surface area contributed by atoms with Crippen molar-refractivity contribution >= 4 is 17.9 Å². The number of carbonyl (C=O) groups is 1. The molecule has 2 atom stereocenters. The molecule has 9 nitrogen and oxygen atoms in total. The maximum Gasteiger partial charge on any atom is 0.415 e. The van der Waals surface area contributed by atoms with Crippen LogP contribution in [0.1, 0.15) is 32.4 Å². The van der Waals surface area contributed by atoms with Crippen molar-refractivity contribution in [1.29, 1.82) is 0 Å². The first-order valence-corrected chi connectivity index (χ1v) is 10.2. The van der Waals surface area contributed by atoms with Crippen LogP contribution in [0.15, 0.2) is 48.9 Å². The van der Waals surface area contributed by atoms with Gasteiger partial charge in [0, 0.05) is 24.2 Å². The number of cyclic esters (lactones) is 1. The van der Waals surface area contributed by atoms with Gasteiger partial charge in [0.1, 0.15) is 24.0 Å². The Morgan fingerprint density at radius 1 is 1.12 bits per heavy atom. The molecule has 1 fully saturated rings. The normalized spacial score (nSPS) is 16.7. The van der Waals surface area contributed by atoms with E-state index in [0.717, 1.165) is 5.56 Å². The van der Waals surface area contributed by atoms with Gasteiger partial charge in [-0.05, 0) is 43.2 Å². The number of amides is 1. The van der Waals surface area contributed by atoms with Crippen molar-refractivity contribution in [2.75, 3.05) is 16.8 Å². The summed E-state index contributed by atoms with van der Waals surface area (Å²) in [7, 11) is 0. The first kappa shape index (κ1) is 21.4. The Labute approximate surface area is 184 Å². The van der Waals surface area contributed by atoms with Gasteiger partial charge in [-0.3, -0.25) is 4.90 Å². The van der Waals surface area contributed by atoms with Crippen molar-refractivity contribution in [2.45, 2.75) is 32.9 Å². The first-order chi connectivity index (χ1) is 15.4. The fourth-order valence-corrected chi connectivity index (χ4v) is 3.23. The Bertz CT molecular complexity index is 1080. The van der Waals surface area contributed by atoms with Crippen LogP contribution in [0.3, 0.4) is 0 Å². The molecule has 1 aliphatic rings. The van der Waals surface area contributed by atoms with Crippen LogP contribution in [0.2, 0.25) is 0 Å². The van der Waals surface area contributed by atoms with E-state index < -0.39 is 6.09 Å². The van der Waals surface area contributed by atoms with Gasteiger partial charge in [-0.25, -0.2) is 24.1 Å². The molecule has 1 aromatic carbocycles. The molecule has 0 bridgehead atoms. The average Bonchev–Trinajstić information content (AvgIpc) is 3.18. The summed E-state index contributed by atoms with van der Waals surface area (Å²) >= 11 is 0. The third-order valence-corrected chi connectivity index (χ3v) is 5.08. The topological polar surface area (TPSA) is 102 Å². The maximum absolute atomic E-state index is 13.0. The van der Waals surface area contributed by atoms with E-state index >= 15 is 0 Å². The van der Waals surface area contributed by atoms with E-state index in [2.05, 4.69) is 25.3 Å². The standard InChI is InChI=1S/C22H23FN6O3/c1-13(2)18-12-31-22(30)29(18)19-8-9-24-20(28-19)27-14(3)15-10-25-21(26-11-15)32-17-6-4-16(23)5-7-17/h4-11,13-14,18H,12H2,1-3H3,(H,24,27,28)/t14-,18?/m1/s1. The minimum absolute atomic E-state index is 0.0790. The van der Waals surface area contributed by atoms with Gasteiger partial charge in [-0.15, -0.1) is 0 Å². The second kappa shape index (κ2) is 9.13. The summed E-state index contributed by atoms with van der Waals surface area (Å²) < 4.78 is 23.7. The predicted molar refractivity (Wildman–Crippen MR) is 115 cm³/mol. The van der Waals surface area contributed by atoms with Gasteiger partial charge in [0.25, 0.3) is 0 Å². The zero-order valence-corrected chi connectivity index (χ0v) is 17.9. The second-order valence-electron chi connectivity index (χ2n) is 7.72. The predicted octanol–water partition coefficient (Wildman–Crippen LogP) is 4.35. The zero-order valence-electron chi connectivity index (χ0n) is 17.9. The fraction of sp³-hybridized carbons (Fsp3) is 0.318. The van der Waals surface area contributed by atoms with Gasteiger partial charge in [0.15, 0.2) is 0 Å². The van der Waals surface area contributed by atoms with E-state index in [1.807, 2.05) is 20.8 Å². The van der Waals surface area contributed by atoms with E-state index in [-0.39, 0.29) is 29.8 Å². The molecule has 3 heterocycles. The summed E-state index contributed by atoms with van der Waals surface area (Å²) in [6.45, 7) is 6.32. The lowest BCUT2D eigenvalue weighted by molar-refractivity contribution is 0.177. The second-order valence-corrected chi connectivity index (χ2v) is 7.72. The zero-order chi connectivity index (χ0) is 22.7. The number of hydrogen-bond donors (Lipinski definition) is 1. The molecule has 1 aliphatic heterocycles. The molecule has 10 heteroatoms. The number of carbonyl (C=O) groups excluding carboxylic acids is 1. The summed E-state index contributed by atoms with van der Waals surface area (Å²) in [5.41, 5.74) is 0.783. The van der Waals surface area contributed by atoms with Crippen LogP contribution in [0.5, 0.6) is 11.8 Å². The van der Waals surface area contributed by atoms with Gasteiger partial charge in [-0.1, -0.05) is 13.8 Å². The molecule has 0 aliphatic carbocycles. The lowest BCUT2D eigenvalue weighted by Crippen LogP contribution is -2.37. The molecule has 1 amide bonds. The number of rotatable bonds is 7. The van der Waals surface area contributed by atoms with Crippen molar-refractivity contribution in [3.63, 3.8) is 0 Å². The summed E-state index contributed by atoms with van der Waals surface area (Å²) in [4.78, 5) is 30.9. The third-order valence-electron chi connectivity index (χ3n) is 5.08. The molecule has 166 valence electrons. The van der Waals surface area contributed by atoms with Gasteiger partial charge in [0.05, 0.1) is 12.1 Å². The molecule has 0 radical (unpaired) electrons. The molecule has 0 saturated carbocycles. The van der Waals surface area contributed by atoms with Crippen LogP contribution in [-0.4, -0.2) is 38.7 Å². The molecule has 32 heavy (non-hydrogen) atoms. The summed E-state index contributed by atoms with van der Waals surface area (Å²) in [6.07, 6.45) is 4.43. The van der Waals surface area contributed by atoms with E-state index in [4.69, 9.17) is 9.47 Å². The number of nitrogens with one attached hydrogen (secondary N) is 1. The SMILES string of the molecule is CC(C)C1COC(=O)N1c1ccnc(N[C@H](C)c2cnc(Oc3ccc(F)cc3)nc2)n1. The Hall–Kier alpha value is -3.82. The van der Waals surface area contributed by atoms with Crippen molar-refractivity contribution in [3.05, 3.63) is 60.3 Å². The van der Waals surface area contributed by atoms with E-state index in [0.29, 0.717) is 24.1 Å². The number of hydrogen-bond acceptors (Lipinski definition) is 8. The monoisotopic (exact) mass is 438 g/mol. The Balaban J connectivity index is 1.43. The Morgan fingerprint density at radius 2 is 1.84 bits per heavy atom. The number of benzene rings is 1. The van der Waals surface area contributed by atoms with Crippen LogP contribution in [0, 0.1) is 11.7 Å². The van der Waals surface area contributed by atoms with E-state index in [1.54, 1.807) is 29.6 Å². The molecule has 1 saturated heterocycles. The van der Waals surface area contributed by atoms with Crippen molar-refractivity contribution in [1.82, 2.24) is 19.9 Å². The molecule has 4 rings (SSSR count). The van der Waals surface area contributed by atoms with E-state index in [1.165, 1.54) is 24.3 Å². The van der Waals surface area contributed by atoms with Gasteiger partial charge in [-0.2, -0.15) is 4.98 Å². The molecule has 1 N–H and O–H groups in total. The quantitative estimate of drug-likeness (QED) is 0.581. The minimum atomic E-state index is -0.411. The number of nitrogens with zero attached hydrogens (tertiary/aromatic N) is 5. The van der Waals surface area contributed by atoms with Crippen LogP contribution in [0.25, 0.3) is 0 Å². The lowest BCUT2D eigenvalue weighted by Gasteiger charge is -2.23. The first-order valence-electron chi connectivity index (χ1n) is 10.2.